The zero-order valence-electron chi connectivity index (χ0n) is 26.7. The third-order valence-electron chi connectivity index (χ3n) is 11.4. The summed E-state index contributed by atoms with van der Waals surface area (Å²) in [5, 5.41) is 2.61. The molecule has 0 aliphatic carbocycles. The van der Waals surface area contributed by atoms with E-state index < -0.39 is 17.8 Å². The number of carbonyl (C=O) groups is 2. The average Bonchev–Trinajstić information content (AvgIpc) is 3.76. The minimum atomic E-state index is -0.726. The molecule has 0 saturated carbocycles. The van der Waals surface area contributed by atoms with Crippen LogP contribution in [0.15, 0.2) is 42.6 Å². The van der Waals surface area contributed by atoms with Crippen LogP contribution >= 0.6 is 11.6 Å². The van der Waals surface area contributed by atoms with Gasteiger partial charge in [0.25, 0.3) is 5.91 Å². The number of nitrogens with zero attached hydrogens (tertiary/aromatic N) is 6. The van der Waals surface area contributed by atoms with Crippen LogP contribution in [0.4, 0.5) is 10.2 Å². The third-order valence-corrected chi connectivity index (χ3v) is 11.7. The summed E-state index contributed by atoms with van der Waals surface area (Å²) < 4.78 is 28.5. The molecule has 248 valence electrons. The van der Waals surface area contributed by atoms with Gasteiger partial charge in [-0.3, -0.25) is 19.5 Å². The van der Waals surface area contributed by atoms with E-state index in [0.29, 0.717) is 41.5 Å². The molecule has 2 bridgehead atoms. The molecule has 7 heterocycles. The number of esters is 1. The van der Waals surface area contributed by atoms with Crippen molar-refractivity contribution in [3.63, 3.8) is 0 Å². The van der Waals surface area contributed by atoms with Crippen molar-refractivity contribution in [2.75, 3.05) is 37.7 Å². The van der Waals surface area contributed by atoms with Gasteiger partial charge in [-0.05, 0) is 70.0 Å². The number of ether oxygens (including phenoxy) is 2. The molecule has 4 atom stereocenters. The predicted octanol–water partition coefficient (Wildman–Crippen LogP) is 5.39. The first-order valence-corrected chi connectivity index (χ1v) is 17.4. The van der Waals surface area contributed by atoms with Crippen molar-refractivity contribution >= 4 is 51.0 Å². The van der Waals surface area contributed by atoms with Crippen molar-refractivity contribution in [2.45, 2.75) is 69.2 Å². The lowest BCUT2D eigenvalue weighted by molar-refractivity contribution is -0.192. The van der Waals surface area contributed by atoms with Crippen LogP contribution in [-0.4, -0.2) is 93.1 Å². The van der Waals surface area contributed by atoms with Crippen LogP contribution in [0, 0.1) is 11.7 Å². The highest BCUT2D eigenvalue weighted by Crippen LogP contribution is 2.42. The summed E-state index contributed by atoms with van der Waals surface area (Å²) in [5.41, 5.74) is 0.848. The number of benzene rings is 2. The van der Waals surface area contributed by atoms with Crippen LogP contribution in [0.25, 0.3) is 32.9 Å². The second-order valence-corrected chi connectivity index (χ2v) is 14.5. The van der Waals surface area contributed by atoms with Gasteiger partial charge in [0.2, 0.25) is 0 Å². The number of anilines is 1. The Kier molecular flexibility index (Phi) is 7.02. The first-order valence-electron chi connectivity index (χ1n) is 17.0. The highest BCUT2D eigenvalue weighted by Gasteiger charge is 2.52. The summed E-state index contributed by atoms with van der Waals surface area (Å²) in [4.78, 5) is 46.0. The molecule has 48 heavy (non-hydrogen) atoms. The monoisotopic (exact) mass is 670 g/mol. The molecular weight excluding hydrogens is 635 g/mol. The maximum Gasteiger partial charge on any atom is 0.319 e. The maximum absolute atomic E-state index is 16.9. The molecule has 5 aliphatic heterocycles. The van der Waals surface area contributed by atoms with Gasteiger partial charge in [0, 0.05) is 47.3 Å². The van der Waals surface area contributed by atoms with Gasteiger partial charge in [-0.15, -0.1) is 0 Å². The lowest BCUT2D eigenvalue weighted by Gasteiger charge is -2.44. The van der Waals surface area contributed by atoms with Gasteiger partial charge in [-0.25, -0.2) is 4.39 Å². The highest BCUT2D eigenvalue weighted by atomic mass is 35.5. The van der Waals surface area contributed by atoms with Crippen LogP contribution < -0.4 is 9.64 Å². The topological polar surface area (TPSA) is 101 Å². The van der Waals surface area contributed by atoms with Crippen LogP contribution in [0.3, 0.4) is 0 Å². The first kappa shape index (κ1) is 30.0. The van der Waals surface area contributed by atoms with E-state index in [0.717, 1.165) is 62.4 Å². The average molecular weight is 671 g/mol. The molecule has 1 amide bonds. The Hall–Kier alpha value is -4.09. The molecule has 0 radical (unpaired) electrons. The number of carbonyl (C=O) groups excluding carboxylic acids is 2. The Balaban J connectivity index is 1.11. The van der Waals surface area contributed by atoms with Crippen LogP contribution in [0.5, 0.6) is 6.01 Å². The van der Waals surface area contributed by atoms with E-state index in [1.165, 1.54) is 0 Å². The smallest absolute Gasteiger partial charge is 0.319 e. The minimum absolute atomic E-state index is 0.0344. The van der Waals surface area contributed by atoms with Crippen LogP contribution in [0.2, 0.25) is 5.02 Å². The number of hydrogen-bond acceptors (Lipinski definition) is 9. The van der Waals surface area contributed by atoms with Gasteiger partial charge < -0.3 is 19.3 Å². The van der Waals surface area contributed by atoms with Crippen LogP contribution in [0.1, 0.15) is 45.4 Å². The summed E-state index contributed by atoms with van der Waals surface area (Å²) in [5.74, 6) is -0.919. The Morgan fingerprint density at radius 3 is 2.52 bits per heavy atom. The zero-order chi connectivity index (χ0) is 32.7. The summed E-state index contributed by atoms with van der Waals surface area (Å²) >= 11 is 6.64. The molecule has 9 rings (SSSR count). The van der Waals surface area contributed by atoms with E-state index in [-0.39, 0.29) is 46.7 Å². The van der Waals surface area contributed by atoms with E-state index >= 15 is 4.39 Å². The molecule has 0 unspecified atom stereocenters. The summed E-state index contributed by atoms with van der Waals surface area (Å²) in [6.07, 6.45) is 6.96. The van der Waals surface area contributed by atoms with Gasteiger partial charge in [-0.2, -0.15) is 9.97 Å². The standard InChI is InChI=1S/C36H36ClFN6O4/c1-20-31(48-34(20)46)33(45)44-22-10-11-23(44)18-42(17-22)32-25-16-39-29(24-8-2-6-21-7-3-9-26(37)27(21)24)28(38)30(25)40-35(41-32)47-19-36-12-4-14-43(36)15-5-13-36/h2-3,6-9,16,20,22-23,31H,4-5,10-15,17-19H2,1H3/t20-,22-,23+,31+/m1/s1. The maximum atomic E-state index is 16.9. The number of fused-ring (bicyclic) bond motifs is 5. The molecule has 5 saturated heterocycles. The number of halogens is 2. The van der Waals surface area contributed by atoms with E-state index in [1.807, 2.05) is 35.2 Å². The second kappa shape index (κ2) is 11.2. The van der Waals surface area contributed by atoms with Crippen molar-refractivity contribution in [1.82, 2.24) is 24.8 Å². The highest BCUT2D eigenvalue weighted by molar-refractivity contribution is 6.36. The number of aromatic nitrogens is 3. The molecule has 2 aromatic heterocycles. The third kappa shape index (κ3) is 4.57. The molecule has 2 aromatic carbocycles. The molecule has 5 aliphatic rings. The lowest BCUT2D eigenvalue weighted by atomic mass is 9.95. The molecular formula is C36H36ClFN6O4. The SMILES string of the molecule is C[C@H]1C(=O)O[C@@H]1C(=O)N1[C@@H]2CC[C@H]1CN(c1nc(OCC34CCCN3CCC4)nc3c(F)c(-c4cccc5cccc(Cl)c45)ncc13)C2. The van der Waals surface area contributed by atoms with Crippen molar-refractivity contribution in [1.29, 1.82) is 0 Å². The number of piperazine rings is 1. The van der Waals surface area contributed by atoms with Crippen LogP contribution in [-0.2, 0) is 14.3 Å². The zero-order valence-corrected chi connectivity index (χ0v) is 27.5. The van der Waals surface area contributed by atoms with E-state index in [1.54, 1.807) is 19.2 Å². The summed E-state index contributed by atoms with van der Waals surface area (Å²) in [6.45, 7) is 5.32. The molecule has 0 N–H and O–H groups in total. The van der Waals surface area contributed by atoms with Gasteiger partial charge >= 0.3 is 12.0 Å². The fourth-order valence-corrected chi connectivity index (χ4v) is 9.18. The fourth-order valence-electron chi connectivity index (χ4n) is 8.90. The molecule has 4 aromatic rings. The largest absolute Gasteiger partial charge is 0.461 e. The normalized spacial score (nSPS) is 26.2. The summed E-state index contributed by atoms with van der Waals surface area (Å²) in [7, 11) is 0. The van der Waals surface area contributed by atoms with Crippen molar-refractivity contribution < 1.29 is 23.5 Å². The Bertz CT molecular complexity index is 1960. The summed E-state index contributed by atoms with van der Waals surface area (Å²) in [6, 6.07) is 11.2. The van der Waals surface area contributed by atoms with E-state index in [4.69, 9.17) is 31.0 Å². The predicted molar refractivity (Wildman–Crippen MR) is 178 cm³/mol. The Morgan fingerprint density at radius 1 is 1.08 bits per heavy atom. The quantitative estimate of drug-likeness (QED) is 0.250. The Labute approximate surface area is 282 Å². The number of pyridine rings is 1. The number of cyclic esters (lactones) is 1. The van der Waals surface area contributed by atoms with Crippen molar-refractivity contribution in [3.05, 3.63) is 53.4 Å². The number of hydrogen-bond donors (Lipinski definition) is 0. The van der Waals surface area contributed by atoms with Gasteiger partial charge in [-0.1, -0.05) is 41.9 Å². The molecule has 5 fully saturated rings. The van der Waals surface area contributed by atoms with Gasteiger partial charge in [0.15, 0.2) is 11.9 Å². The molecule has 0 spiro atoms. The van der Waals surface area contributed by atoms with Gasteiger partial charge in [0.1, 0.15) is 29.6 Å². The van der Waals surface area contributed by atoms with Crippen molar-refractivity contribution in [2.24, 2.45) is 5.92 Å². The fraction of sp³-hybridized carbons (Fsp3) is 0.472. The number of amides is 1. The minimum Gasteiger partial charge on any atom is -0.461 e. The molecule has 12 heteroatoms. The second-order valence-electron chi connectivity index (χ2n) is 14.0. The van der Waals surface area contributed by atoms with Crippen molar-refractivity contribution in [3.8, 4) is 17.3 Å². The first-order chi connectivity index (χ1) is 23.3. The number of rotatable bonds is 6. The lowest BCUT2D eigenvalue weighted by Crippen LogP contribution is -2.62. The van der Waals surface area contributed by atoms with Gasteiger partial charge in [0.05, 0.1) is 10.9 Å². The van der Waals surface area contributed by atoms with E-state index in [9.17, 15) is 9.59 Å². The Morgan fingerprint density at radius 2 is 1.81 bits per heavy atom. The molecule has 10 nitrogen and oxygen atoms in total. The van der Waals surface area contributed by atoms with E-state index in [2.05, 4.69) is 14.8 Å².